The second-order valence-electron chi connectivity index (χ2n) is 6.78. The van der Waals surface area contributed by atoms with E-state index in [-0.39, 0.29) is 0 Å². The van der Waals surface area contributed by atoms with E-state index in [1.807, 2.05) is 39.8 Å². The number of nitrogens with one attached hydrogen (secondary N) is 2. The van der Waals surface area contributed by atoms with Crippen LogP contribution in [0.4, 0.5) is 22.7 Å². The molecule has 10 nitrogen and oxygen atoms in total. The maximum atomic E-state index is 11.9. The second kappa shape index (κ2) is 17.1. The Bertz CT molecular complexity index is 988. The van der Waals surface area contributed by atoms with Crippen molar-refractivity contribution in [3.8, 4) is 17.2 Å². The van der Waals surface area contributed by atoms with E-state index in [2.05, 4.69) is 10.6 Å². The van der Waals surface area contributed by atoms with E-state index in [0.29, 0.717) is 78.3 Å². The van der Waals surface area contributed by atoms with E-state index in [9.17, 15) is 4.79 Å². The van der Waals surface area contributed by atoms with E-state index in [1.54, 1.807) is 24.3 Å². The molecule has 0 unspecified atom stereocenters. The highest BCUT2D eigenvalue weighted by Gasteiger charge is 2.16. The average Bonchev–Trinajstić information content (AvgIpc) is 2.90. The van der Waals surface area contributed by atoms with Crippen LogP contribution in [0.5, 0.6) is 17.2 Å². The monoisotopic (exact) mass is 521 g/mol. The minimum absolute atomic E-state index is 0.314. The van der Waals surface area contributed by atoms with Crippen LogP contribution in [0.3, 0.4) is 0 Å². The molecular formula is C25H39N5O5S. The Balaban J connectivity index is 0.00000154. The molecule has 0 fully saturated rings. The fourth-order valence-electron chi connectivity index (χ4n) is 3.10. The molecule has 11 heteroatoms. The summed E-state index contributed by atoms with van der Waals surface area (Å²) in [4.78, 5) is 11.9. The molecule has 0 saturated heterocycles. The molecule has 0 aromatic heterocycles. The van der Waals surface area contributed by atoms with Gasteiger partial charge in [0.05, 0.1) is 37.3 Å². The summed E-state index contributed by atoms with van der Waals surface area (Å²) in [6.45, 7) is 9.72. The van der Waals surface area contributed by atoms with Crippen molar-refractivity contribution in [1.82, 2.24) is 0 Å². The molecule has 2 aromatic carbocycles. The Hall–Kier alpha value is -3.44. The number of hydrogen-bond acceptors (Lipinski definition) is 11. The molecule has 36 heavy (non-hydrogen) atoms. The highest BCUT2D eigenvalue weighted by molar-refractivity contribution is 7.92. The quantitative estimate of drug-likeness (QED) is 0.124. The van der Waals surface area contributed by atoms with Crippen molar-refractivity contribution in [2.75, 3.05) is 55.5 Å². The van der Waals surface area contributed by atoms with Crippen molar-refractivity contribution in [1.29, 1.82) is 0 Å². The number of rotatable bonds is 3. The Morgan fingerprint density at radius 2 is 1.42 bits per heavy atom. The summed E-state index contributed by atoms with van der Waals surface area (Å²) < 4.78 is 21.9. The molecule has 0 atom stereocenters. The lowest BCUT2D eigenvalue weighted by Gasteiger charge is -2.17. The third kappa shape index (κ3) is 8.97. The third-order valence-corrected chi connectivity index (χ3v) is 4.86. The number of anilines is 4. The minimum Gasteiger partial charge on any atom is -0.491 e. The highest BCUT2D eigenvalue weighted by atomic mass is 32.2. The van der Waals surface area contributed by atoms with Gasteiger partial charge in [0, 0.05) is 31.6 Å². The Morgan fingerprint density at radius 3 is 1.94 bits per heavy atom. The minimum atomic E-state index is -0.490. The van der Waals surface area contributed by atoms with Crippen LogP contribution in [0.2, 0.25) is 0 Å². The van der Waals surface area contributed by atoms with Crippen molar-refractivity contribution < 1.29 is 23.2 Å². The first kappa shape index (κ1) is 30.6. The molecule has 0 radical (unpaired) electrons. The van der Waals surface area contributed by atoms with Crippen LogP contribution in [0.15, 0.2) is 36.4 Å². The number of nitrogens with two attached hydrogens (primary N) is 3. The first-order valence-electron chi connectivity index (χ1n) is 11.9. The lowest BCUT2D eigenvalue weighted by atomic mass is 10.1. The van der Waals surface area contributed by atoms with Crippen molar-refractivity contribution in [3.63, 3.8) is 0 Å². The van der Waals surface area contributed by atoms with E-state index in [4.69, 9.17) is 35.0 Å². The lowest BCUT2D eigenvalue weighted by molar-refractivity contribution is 0.0600. The summed E-state index contributed by atoms with van der Waals surface area (Å²) in [7, 11) is 1.32. The zero-order valence-corrected chi connectivity index (χ0v) is 22.5. The number of nitrogen functional groups attached to an aromatic ring is 2. The maximum Gasteiger partial charge on any atom is 0.338 e. The van der Waals surface area contributed by atoms with Crippen LogP contribution in [0, 0.1) is 0 Å². The van der Waals surface area contributed by atoms with E-state index < -0.39 is 5.97 Å². The van der Waals surface area contributed by atoms with Crippen molar-refractivity contribution in [2.24, 2.45) is 5.14 Å². The van der Waals surface area contributed by atoms with Crippen LogP contribution < -0.4 is 40.9 Å². The predicted octanol–water partition coefficient (Wildman–Crippen LogP) is 4.83. The average molecular weight is 522 g/mol. The smallest absolute Gasteiger partial charge is 0.338 e. The summed E-state index contributed by atoms with van der Waals surface area (Å²) in [5.41, 5.74) is 14.8. The zero-order valence-electron chi connectivity index (χ0n) is 21.7. The topological polar surface area (TPSA) is 156 Å². The van der Waals surface area contributed by atoms with Gasteiger partial charge in [-0.05, 0) is 12.1 Å². The van der Waals surface area contributed by atoms with E-state index in [0.717, 1.165) is 12.2 Å². The van der Waals surface area contributed by atoms with Gasteiger partial charge in [-0.3, -0.25) is 0 Å². The molecule has 3 rings (SSSR count). The number of fused-ring (bicyclic) bond motifs is 2. The summed E-state index contributed by atoms with van der Waals surface area (Å²) in [5.74, 6) is 1.01. The molecule has 8 N–H and O–H groups in total. The van der Waals surface area contributed by atoms with Crippen LogP contribution in [0.1, 0.15) is 44.5 Å². The van der Waals surface area contributed by atoms with Gasteiger partial charge in [-0.25, -0.2) is 9.93 Å². The standard InChI is InChI=1S/C21H27N5O5S.2C2H6/c1-28-21(27)13-9-15(22)19-17(10-13)29-7-4-8-30-18-12-14(31-32-24)11-16(23)20(18)26-6-3-2-5-25-19;2*1-2/h2-3,9-12,25-26H,4-8,22-24H2,1H3;2*1-2H3/b3-2+;;. The first-order chi connectivity index (χ1) is 17.5. The van der Waals surface area contributed by atoms with Gasteiger partial charge in [0.25, 0.3) is 0 Å². The number of esters is 1. The van der Waals surface area contributed by atoms with Crippen LogP contribution in [-0.2, 0) is 4.74 Å². The van der Waals surface area contributed by atoms with Gasteiger partial charge in [0.1, 0.15) is 40.9 Å². The van der Waals surface area contributed by atoms with Gasteiger partial charge in [-0.2, -0.15) is 0 Å². The molecule has 1 aliphatic rings. The van der Waals surface area contributed by atoms with Crippen molar-refractivity contribution in [3.05, 3.63) is 42.0 Å². The molecular weight excluding hydrogens is 482 g/mol. The van der Waals surface area contributed by atoms with Crippen LogP contribution >= 0.6 is 12.2 Å². The van der Waals surface area contributed by atoms with Crippen LogP contribution in [0.25, 0.3) is 0 Å². The molecule has 0 amide bonds. The number of benzene rings is 2. The number of ether oxygens (including phenoxy) is 3. The van der Waals surface area contributed by atoms with Crippen molar-refractivity contribution in [2.45, 2.75) is 34.1 Å². The number of carbonyl (C=O) groups is 1. The molecule has 0 spiro atoms. The van der Waals surface area contributed by atoms with Gasteiger partial charge >= 0.3 is 5.97 Å². The highest BCUT2D eigenvalue weighted by Crippen LogP contribution is 2.37. The fraction of sp³-hybridized carbons (Fsp3) is 0.400. The second-order valence-corrected chi connectivity index (χ2v) is 7.14. The largest absolute Gasteiger partial charge is 0.491 e. The predicted molar refractivity (Wildman–Crippen MR) is 150 cm³/mol. The Labute approximate surface area is 218 Å². The summed E-state index contributed by atoms with van der Waals surface area (Å²) >= 11 is 0.731. The number of methoxy groups -OCH3 is 1. The van der Waals surface area contributed by atoms with Gasteiger partial charge < -0.3 is 40.5 Å². The zero-order chi connectivity index (χ0) is 26.9. The van der Waals surface area contributed by atoms with E-state index in [1.165, 1.54) is 7.11 Å². The van der Waals surface area contributed by atoms with Gasteiger partial charge in [0.2, 0.25) is 0 Å². The molecule has 0 saturated carbocycles. The first-order valence-corrected chi connectivity index (χ1v) is 12.7. The van der Waals surface area contributed by atoms with Crippen LogP contribution in [-0.4, -0.2) is 39.4 Å². The number of carbonyl (C=O) groups excluding carboxylic acids is 1. The van der Waals surface area contributed by atoms with Gasteiger partial charge in [-0.15, -0.1) is 0 Å². The SMILES string of the molecule is CC.CC.COC(=O)c1cc(N)c2c(c1)OCCCOc1cc(OSN)cc(N)c1NC/C=C/CN2. The molecule has 0 aliphatic carbocycles. The summed E-state index contributed by atoms with van der Waals surface area (Å²) in [6.07, 6.45) is 4.44. The third-order valence-electron chi connectivity index (χ3n) is 4.57. The van der Waals surface area contributed by atoms with Gasteiger partial charge in [-0.1, -0.05) is 39.8 Å². The maximum absolute atomic E-state index is 11.9. The Kier molecular flexibility index (Phi) is 14.5. The summed E-state index contributed by atoms with van der Waals surface area (Å²) in [6, 6.07) is 6.57. The molecule has 1 heterocycles. The fourth-order valence-corrected chi connectivity index (χ4v) is 3.31. The molecule has 1 aliphatic heterocycles. The summed E-state index contributed by atoms with van der Waals surface area (Å²) in [5, 5.41) is 11.9. The Morgan fingerprint density at radius 1 is 0.889 bits per heavy atom. The van der Waals surface area contributed by atoms with Crippen molar-refractivity contribution >= 4 is 40.9 Å². The lowest BCUT2D eigenvalue weighted by Crippen LogP contribution is -2.11. The van der Waals surface area contributed by atoms with E-state index >= 15 is 0 Å². The molecule has 0 bridgehead atoms. The molecule has 2 aromatic rings. The number of hydrogen-bond donors (Lipinski definition) is 5. The molecule has 200 valence electrons. The normalized spacial score (nSPS) is 13.7. The van der Waals surface area contributed by atoms with Gasteiger partial charge in [0.15, 0.2) is 0 Å².